The van der Waals surface area contributed by atoms with Crippen molar-refractivity contribution in [2.24, 2.45) is 0 Å². The Morgan fingerprint density at radius 2 is 1.65 bits per heavy atom. The van der Waals surface area contributed by atoms with Gasteiger partial charge in [-0.15, -0.1) is 13.2 Å². The maximum absolute atomic E-state index is 13.7. The fourth-order valence-corrected chi connectivity index (χ4v) is 5.66. The molecule has 2 heterocycles. The summed E-state index contributed by atoms with van der Waals surface area (Å²) in [5.74, 6) is -1.15. The second-order valence-electron chi connectivity index (χ2n) is 10.3. The monoisotopic (exact) mass is 652 g/mol. The van der Waals surface area contributed by atoms with Crippen molar-refractivity contribution in [2.75, 3.05) is 24.7 Å². The molecule has 0 aliphatic heterocycles. The van der Waals surface area contributed by atoms with Crippen LogP contribution in [0.3, 0.4) is 0 Å². The van der Waals surface area contributed by atoms with Crippen molar-refractivity contribution < 1.29 is 39.9 Å². The Balaban J connectivity index is 1.56. The van der Waals surface area contributed by atoms with Crippen LogP contribution in [0.2, 0.25) is 0 Å². The molecule has 0 fully saturated rings. The highest BCUT2D eigenvalue weighted by atomic mass is 32.2. The Bertz CT molecular complexity index is 2230. The van der Waals surface area contributed by atoms with Crippen LogP contribution in [0, 0.1) is 5.82 Å². The summed E-state index contributed by atoms with van der Waals surface area (Å²) in [6, 6.07) is 19.1. The van der Waals surface area contributed by atoms with Crippen LogP contribution in [0.1, 0.15) is 10.4 Å². The molecule has 1 N–H and O–H groups in total. The van der Waals surface area contributed by atoms with Gasteiger partial charge in [0.05, 0.1) is 28.5 Å². The number of anilines is 1. The number of imidazole rings is 1. The molecule has 46 heavy (non-hydrogen) atoms. The van der Waals surface area contributed by atoms with Gasteiger partial charge in [-0.3, -0.25) is 13.7 Å². The number of rotatable bonds is 7. The van der Waals surface area contributed by atoms with Crippen LogP contribution in [0.15, 0.2) is 89.6 Å². The summed E-state index contributed by atoms with van der Waals surface area (Å²) in [5, 5.41) is 2.98. The number of nitrogens with zero attached hydrogens (tertiary/aromatic N) is 3. The molecule has 6 aromatic rings. The first kappa shape index (κ1) is 30.6. The number of furan rings is 1. The number of nitrogens with one attached hydrogen (secondary N) is 1. The molecule has 9 nitrogen and oxygen atoms in total. The number of hydrogen-bond donors (Lipinski definition) is 1. The number of alkyl halides is 3. The highest BCUT2D eigenvalue weighted by Crippen LogP contribution is 2.42. The topological polar surface area (TPSA) is 107 Å². The lowest BCUT2D eigenvalue weighted by Gasteiger charge is -2.21. The molecule has 0 spiro atoms. The summed E-state index contributed by atoms with van der Waals surface area (Å²) in [7, 11) is -0.932. The van der Waals surface area contributed by atoms with Gasteiger partial charge in [0, 0.05) is 42.4 Å². The fraction of sp³-hybridized carbons (Fsp3) is 0.125. The summed E-state index contributed by atoms with van der Waals surface area (Å²) in [4.78, 5) is 17.6. The molecule has 0 atom stereocenters. The Kier molecular flexibility index (Phi) is 7.47. The second-order valence-corrected chi connectivity index (χ2v) is 12.4. The minimum atomic E-state index is -4.83. The van der Waals surface area contributed by atoms with E-state index in [2.05, 4.69) is 15.0 Å². The SMILES string of the molecule is CNC(=O)c1c(-c2ccc(F)cc2)oc2cc(N(C)S(C)(=O)=O)c(-c3ccc4ncn(-c5ccc(OC(F)(F)F)cc5)c4c3)cc12. The standard InChI is InChI=1S/C32H24F4N4O5S/c1-37-31(41)29-24-15-23(26(39(2)46(3,42)43)16-28(24)44-30(29)18-4-7-20(33)8-5-18)19-6-13-25-27(14-19)40(17-38-25)21-9-11-22(12-10-21)45-32(34,35)36/h4-17H,1-3H3,(H,37,41). The van der Waals surface area contributed by atoms with Gasteiger partial charge in [0.2, 0.25) is 10.0 Å². The maximum Gasteiger partial charge on any atom is 0.573 e. The zero-order valence-electron chi connectivity index (χ0n) is 24.4. The maximum atomic E-state index is 13.7. The van der Waals surface area contributed by atoms with Crippen molar-refractivity contribution in [3.05, 3.63) is 96.6 Å². The van der Waals surface area contributed by atoms with Crippen LogP contribution in [0.5, 0.6) is 5.75 Å². The molecule has 0 bridgehead atoms. The number of carbonyl (C=O) groups excluding carboxylic acids is 1. The van der Waals surface area contributed by atoms with E-state index in [9.17, 15) is 30.8 Å². The molecular weight excluding hydrogens is 628 g/mol. The molecule has 0 aliphatic carbocycles. The first-order valence-corrected chi connectivity index (χ1v) is 15.4. The van der Waals surface area contributed by atoms with E-state index in [0.717, 1.165) is 10.6 Å². The normalized spacial score (nSPS) is 12.1. The van der Waals surface area contributed by atoms with Crippen LogP contribution in [0.4, 0.5) is 23.2 Å². The Morgan fingerprint density at radius 3 is 2.28 bits per heavy atom. The smallest absolute Gasteiger partial charge is 0.455 e. The van der Waals surface area contributed by atoms with E-state index >= 15 is 0 Å². The van der Waals surface area contributed by atoms with Gasteiger partial charge in [0.25, 0.3) is 5.91 Å². The van der Waals surface area contributed by atoms with Crippen LogP contribution in [-0.4, -0.2) is 50.6 Å². The third-order valence-corrected chi connectivity index (χ3v) is 8.60. The van der Waals surface area contributed by atoms with Crippen molar-refractivity contribution in [2.45, 2.75) is 6.36 Å². The van der Waals surface area contributed by atoms with Gasteiger partial charge in [-0.2, -0.15) is 0 Å². The number of aromatic nitrogens is 2. The lowest BCUT2D eigenvalue weighted by atomic mass is 9.98. The van der Waals surface area contributed by atoms with E-state index in [4.69, 9.17) is 4.42 Å². The number of sulfonamides is 1. The third-order valence-electron chi connectivity index (χ3n) is 7.41. The highest BCUT2D eigenvalue weighted by Gasteiger charge is 2.31. The minimum absolute atomic E-state index is 0.172. The molecule has 1 amide bonds. The summed E-state index contributed by atoms with van der Waals surface area (Å²) in [6.45, 7) is 0. The number of carbonyl (C=O) groups is 1. The quantitative estimate of drug-likeness (QED) is 0.188. The molecule has 0 aliphatic rings. The Hall–Kier alpha value is -5.37. The molecule has 0 saturated carbocycles. The molecule has 0 saturated heterocycles. The van der Waals surface area contributed by atoms with E-state index in [0.29, 0.717) is 38.8 Å². The van der Waals surface area contributed by atoms with E-state index in [1.807, 2.05) is 0 Å². The summed E-state index contributed by atoms with van der Waals surface area (Å²) in [5.41, 5.74) is 3.69. The lowest BCUT2D eigenvalue weighted by Crippen LogP contribution is -2.25. The molecular formula is C32H24F4N4O5S. The van der Waals surface area contributed by atoms with E-state index in [-0.39, 0.29) is 28.3 Å². The van der Waals surface area contributed by atoms with Gasteiger partial charge in [0.1, 0.15) is 29.2 Å². The van der Waals surface area contributed by atoms with E-state index < -0.39 is 28.1 Å². The first-order valence-electron chi connectivity index (χ1n) is 13.6. The minimum Gasteiger partial charge on any atom is -0.455 e. The molecule has 0 radical (unpaired) electrons. The average molecular weight is 653 g/mol. The number of benzene rings is 4. The van der Waals surface area contributed by atoms with Gasteiger partial charge in [-0.05, 0) is 72.3 Å². The largest absolute Gasteiger partial charge is 0.573 e. The fourth-order valence-electron chi connectivity index (χ4n) is 5.15. The van der Waals surface area contributed by atoms with Crippen molar-refractivity contribution in [1.82, 2.24) is 14.9 Å². The zero-order valence-corrected chi connectivity index (χ0v) is 25.2. The average Bonchev–Trinajstić information content (AvgIpc) is 3.60. The third kappa shape index (κ3) is 5.74. The highest BCUT2D eigenvalue weighted by molar-refractivity contribution is 7.92. The first-order chi connectivity index (χ1) is 21.7. The van der Waals surface area contributed by atoms with Crippen LogP contribution in [0.25, 0.3) is 50.1 Å². The summed E-state index contributed by atoms with van der Waals surface area (Å²) < 4.78 is 90.0. The molecule has 6 rings (SSSR count). The van der Waals surface area contributed by atoms with Crippen LogP contribution < -0.4 is 14.4 Å². The van der Waals surface area contributed by atoms with Gasteiger partial charge in [-0.25, -0.2) is 17.8 Å². The molecule has 4 aromatic carbocycles. The van der Waals surface area contributed by atoms with E-state index in [1.54, 1.807) is 28.8 Å². The van der Waals surface area contributed by atoms with Crippen LogP contribution in [-0.2, 0) is 10.0 Å². The number of halogens is 4. The van der Waals surface area contributed by atoms with Gasteiger partial charge in [0.15, 0.2) is 0 Å². The van der Waals surface area contributed by atoms with Crippen molar-refractivity contribution in [3.63, 3.8) is 0 Å². The number of amides is 1. The van der Waals surface area contributed by atoms with Crippen molar-refractivity contribution in [3.8, 4) is 33.9 Å². The Morgan fingerprint density at radius 1 is 0.978 bits per heavy atom. The van der Waals surface area contributed by atoms with E-state index in [1.165, 1.54) is 75.0 Å². The molecule has 0 unspecified atom stereocenters. The Labute approximate surface area is 259 Å². The van der Waals surface area contributed by atoms with Crippen molar-refractivity contribution in [1.29, 1.82) is 0 Å². The summed E-state index contributed by atoms with van der Waals surface area (Å²) in [6.07, 6.45) is -2.27. The predicted molar refractivity (Wildman–Crippen MR) is 165 cm³/mol. The van der Waals surface area contributed by atoms with Gasteiger partial charge < -0.3 is 14.5 Å². The van der Waals surface area contributed by atoms with Crippen LogP contribution >= 0.6 is 0 Å². The van der Waals surface area contributed by atoms with Gasteiger partial charge >= 0.3 is 6.36 Å². The number of hydrogen-bond acceptors (Lipinski definition) is 6. The zero-order chi connectivity index (χ0) is 33.0. The van der Waals surface area contributed by atoms with Gasteiger partial charge in [-0.1, -0.05) is 6.07 Å². The second kappa shape index (κ2) is 11.2. The number of ether oxygens (including phenoxy) is 1. The summed E-state index contributed by atoms with van der Waals surface area (Å²) >= 11 is 0. The van der Waals surface area contributed by atoms with Crippen molar-refractivity contribution >= 4 is 43.6 Å². The lowest BCUT2D eigenvalue weighted by molar-refractivity contribution is -0.274. The number of fused-ring (bicyclic) bond motifs is 2. The molecule has 14 heteroatoms. The predicted octanol–water partition coefficient (Wildman–Crippen LogP) is 6.90. The molecule has 236 valence electrons. The molecule has 2 aromatic heterocycles.